The van der Waals surface area contributed by atoms with Crippen molar-refractivity contribution in [3.8, 4) is 28.4 Å². The Morgan fingerprint density at radius 2 is 1.75 bits per heavy atom. The minimum atomic E-state index is 0.415. The molecule has 0 aliphatic heterocycles. The van der Waals surface area contributed by atoms with E-state index in [0.717, 1.165) is 34.0 Å². The molecule has 8 heteroatoms. The number of ether oxygens (including phenoxy) is 1. The van der Waals surface area contributed by atoms with Gasteiger partial charge in [-0.2, -0.15) is 4.98 Å². The van der Waals surface area contributed by atoms with E-state index in [1.807, 2.05) is 71.3 Å². The molecule has 3 aromatic heterocycles. The third kappa shape index (κ3) is 3.81. The first-order chi connectivity index (χ1) is 15.7. The van der Waals surface area contributed by atoms with Crippen molar-refractivity contribution in [3.63, 3.8) is 0 Å². The maximum Gasteiger partial charge on any atom is 0.236 e. The largest absolute Gasteiger partial charge is 0.497 e. The molecule has 5 aromatic rings. The van der Waals surface area contributed by atoms with Crippen LogP contribution in [0.25, 0.3) is 28.4 Å². The fourth-order valence-electron chi connectivity index (χ4n) is 3.49. The lowest BCUT2D eigenvalue weighted by atomic mass is 10.1. The summed E-state index contributed by atoms with van der Waals surface area (Å²) < 4.78 is 7.11. The second kappa shape index (κ2) is 8.35. The average Bonchev–Trinajstić information content (AvgIpc) is 3.22. The van der Waals surface area contributed by atoms with Gasteiger partial charge in [-0.25, -0.2) is 15.0 Å². The van der Waals surface area contributed by atoms with E-state index in [1.54, 1.807) is 19.4 Å². The molecule has 0 radical (unpaired) electrons. The summed E-state index contributed by atoms with van der Waals surface area (Å²) in [6, 6.07) is 21.4. The molecule has 0 saturated heterocycles. The number of aromatic nitrogens is 5. The van der Waals surface area contributed by atoms with Crippen molar-refractivity contribution in [2.75, 3.05) is 18.2 Å². The number of benzene rings is 2. The van der Waals surface area contributed by atoms with Gasteiger partial charge in [0.25, 0.3) is 0 Å². The van der Waals surface area contributed by atoms with Crippen LogP contribution in [0.4, 0.5) is 11.8 Å². The van der Waals surface area contributed by atoms with Crippen LogP contribution in [0.5, 0.6) is 5.75 Å². The molecule has 0 amide bonds. The van der Waals surface area contributed by atoms with Crippen molar-refractivity contribution in [2.45, 2.75) is 6.54 Å². The van der Waals surface area contributed by atoms with E-state index in [0.29, 0.717) is 24.1 Å². The molecule has 0 bridgehead atoms. The SMILES string of the molecule is COc1ccc(CNc2nccc(-c3c(-c4ccccc4)nc4nc(N)ccn34)n2)cc1. The third-order valence-electron chi connectivity index (χ3n) is 5.07. The topological polar surface area (TPSA) is 103 Å². The molecular formula is C24H21N7O. The summed E-state index contributed by atoms with van der Waals surface area (Å²) in [5.41, 5.74) is 10.3. The Kier molecular flexibility index (Phi) is 5.09. The Morgan fingerprint density at radius 1 is 0.938 bits per heavy atom. The number of rotatable bonds is 6. The summed E-state index contributed by atoms with van der Waals surface area (Å²) in [5, 5.41) is 3.29. The zero-order valence-electron chi connectivity index (χ0n) is 17.4. The van der Waals surface area contributed by atoms with E-state index >= 15 is 0 Å². The quantitative estimate of drug-likeness (QED) is 0.424. The van der Waals surface area contributed by atoms with Gasteiger partial charge >= 0.3 is 0 Å². The summed E-state index contributed by atoms with van der Waals surface area (Å²) in [4.78, 5) is 18.3. The molecule has 2 aromatic carbocycles. The van der Waals surface area contributed by atoms with Gasteiger partial charge < -0.3 is 15.8 Å². The van der Waals surface area contributed by atoms with Crippen LogP contribution in [0.15, 0.2) is 79.1 Å². The van der Waals surface area contributed by atoms with Crippen LogP contribution in [-0.4, -0.2) is 31.4 Å². The summed E-state index contributed by atoms with van der Waals surface area (Å²) in [5.74, 6) is 2.28. The molecule has 0 unspecified atom stereocenters. The van der Waals surface area contributed by atoms with Crippen LogP contribution < -0.4 is 15.8 Å². The smallest absolute Gasteiger partial charge is 0.236 e. The predicted octanol–water partition coefficient (Wildman–Crippen LogP) is 4.06. The van der Waals surface area contributed by atoms with Crippen molar-refractivity contribution < 1.29 is 4.74 Å². The van der Waals surface area contributed by atoms with Crippen molar-refractivity contribution in [3.05, 3.63) is 84.7 Å². The highest BCUT2D eigenvalue weighted by Crippen LogP contribution is 2.31. The van der Waals surface area contributed by atoms with Gasteiger partial charge in [-0.1, -0.05) is 42.5 Å². The number of hydrogen-bond donors (Lipinski definition) is 2. The molecule has 0 fully saturated rings. The maximum atomic E-state index is 5.89. The van der Waals surface area contributed by atoms with E-state index in [-0.39, 0.29) is 0 Å². The number of fused-ring (bicyclic) bond motifs is 1. The molecule has 158 valence electrons. The van der Waals surface area contributed by atoms with Gasteiger partial charge in [0.2, 0.25) is 11.7 Å². The highest BCUT2D eigenvalue weighted by Gasteiger charge is 2.18. The lowest BCUT2D eigenvalue weighted by Gasteiger charge is -2.09. The summed E-state index contributed by atoms with van der Waals surface area (Å²) in [6.07, 6.45) is 3.59. The highest BCUT2D eigenvalue weighted by atomic mass is 16.5. The van der Waals surface area contributed by atoms with Gasteiger partial charge in [0.1, 0.15) is 23.0 Å². The van der Waals surface area contributed by atoms with Crippen molar-refractivity contribution in [2.24, 2.45) is 0 Å². The maximum absolute atomic E-state index is 5.89. The second-order valence-corrected chi connectivity index (χ2v) is 7.16. The van der Waals surface area contributed by atoms with Gasteiger partial charge in [-0.15, -0.1) is 0 Å². The normalized spacial score (nSPS) is 10.9. The molecular weight excluding hydrogens is 402 g/mol. The Morgan fingerprint density at radius 3 is 2.53 bits per heavy atom. The minimum Gasteiger partial charge on any atom is -0.497 e. The molecule has 3 N–H and O–H groups in total. The number of anilines is 2. The monoisotopic (exact) mass is 423 g/mol. The van der Waals surface area contributed by atoms with Crippen LogP contribution in [0.3, 0.4) is 0 Å². The number of nitrogens with two attached hydrogens (primary N) is 1. The lowest BCUT2D eigenvalue weighted by Crippen LogP contribution is -2.04. The Balaban J connectivity index is 1.52. The summed E-state index contributed by atoms with van der Waals surface area (Å²) in [6.45, 7) is 0.588. The van der Waals surface area contributed by atoms with E-state index < -0.39 is 0 Å². The first-order valence-corrected chi connectivity index (χ1v) is 10.1. The molecule has 0 aliphatic carbocycles. The lowest BCUT2D eigenvalue weighted by molar-refractivity contribution is 0.414. The molecule has 3 heterocycles. The van der Waals surface area contributed by atoms with Crippen molar-refractivity contribution in [1.29, 1.82) is 0 Å². The van der Waals surface area contributed by atoms with Crippen LogP contribution in [-0.2, 0) is 6.54 Å². The molecule has 0 atom stereocenters. The average molecular weight is 423 g/mol. The highest BCUT2D eigenvalue weighted by molar-refractivity contribution is 5.80. The first kappa shape index (κ1) is 19.5. The number of imidazole rings is 1. The Bertz CT molecular complexity index is 1360. The second-order valence-electron chi connectivity index (χ2n) is 7.16. The van der Waals surface area contributed by atoms with Crippen LogP contribution >= 0.6 is 0 Å². The Hall–Kier alpha value is -4.46. The fourth-order valence-corrected chi connectivity index (χ4v) is 3.49. The number of hydrogen-bond acceptors (Lipinski definition) is 7. The zero-order chi connectivity index (χ0) is 21.9. The van der Waals surface area contributed by atoms with E-state index in [4.69, 9.17) is 20.4 Å². The predicted molar refractivity (Wildman–Crippen MR) is 124 cm³/mol. The number of nitrogens with zero attached hydrogens (tertiary/aromatic N) is 5. The van der Waals surface area contributed by atoms with Gasteiger partial charge in [-0.05, 0) is 29.8 Å². The number of nitrogen functional groups attached to an aromatic ring is 1. The summed E-state index contributed by atoms with van der Waals surface area (Å²) >= 11 is 0. The third-order valence-corrected chi connectivity index (χ3v) is 5.07. The zero-order valence-corrected chi connectivity index (χ0v) is 17.4. The Labute approximate surface area is 184 Å². The molecule has 8 nitrogen and oxygen atoms in total. The van der Waals surface area contributed by atoms with Gasteiger partial charge in [0.15, 0.2) is 0 Å². The fraction of sp³-hybridized carbons (Fsp3) is 0.0833. The number of methoxy groups -OCH3 is 1. The van der Waals surface area contributed by atoms with Crippen LogP contribution in [0.1, 0.15) is 5.56 Å². The summed E-state index contributed by atoms with van der Waals surface area (Å²) in [7, 11) is 1.65. The van der Waals surface area contributed by atoms with Crippen molar-refractivity contribution in [1.82, 2.24) is 24.3 Å². The van der Waals surface area contributed by atoms with Crippen LogP contribution in [0, 0.1) is 0 Å². The van der Waals surface area contributed by atoms with Crippen LogP contribution in [0.2, 0.25) is 0 Å². The first-order valence-electron chi connectivity index (χ1n) is 10.1. The molecule has 0 spiro atoms. The van der Waals surface area contributed by atoms with E-state index in [2.05, 4.69) is 15.3 Å². The molecule has 32 heavy (non-hydrogen) atoms. The van der Waals surface area contributed by atoms with Gasteiger partial charge in [-0.3, -0.25) is 4.40 Å². The molecule has 0 saturated carbocycles. The standard InChI is InChI=1S/C24H21N7O/c1-32-18-9-7-16(8-10-18)15-27-23-26-13-11-19(28-23)22-21(17-5-3-2-4-6-17)30-24-29-20(25)12-14-31(22)24/h2-14H,15H2,1H3,(H2,25,29,30)(H,26,27,28). The van der Waals surface area contributed by atoms with E-state index in [1.165, 1.54) is 0 Å². The van der Waals surface area contributed by atoms with Crippen molar-refractivity contribution >= 4 is 17.5 Å². The van der Waals surface area contributed by atoms with Gasteiger partial charge in [0.05, 0.1) is 12.8 Å². The minimum absolute atomic E-state index is 0.415. The number of nitrogens with one attached hydrogen (secondary N) is 1. The molecule has 5 rings (SSSR count). The van der Waals surface area contributed by atoms with E-state index in [9.17, 15) is 0 Å². The van der Waals surface area contributed by atoms with Gasteiger partial charge in [0, 0.05) is 24.5 Å². The molecule has 0 aliphatic rings.